The summed E-state index contributed by atoms with van der Waals surface area (Å²) in [5.41, 5.74) is 11.3. The minimum Gasteiger partial charge on any atom is -0.477 e. The summed E-state index contributed by atoms with van der Waals surface area (Å²) in [5, 5.41) is 15.9. The fourth-order valence-corrected chi connectivity index (χ4v) is 6.95. The van der Waals surface area contributed by atoms with Crippen molar-refractivity contribution in [1.29, 1.82) is 0 Å². The van der Waals surface area contributed by atoms with Gasteiger partial charge in [0.2, 0.25) is 17.7 Å². The summed E-state index contributed by atoms with van der Waals surface area (Å²) < 4.78 is 0. The van der Waals surface area contributed by atoms with Gasteiger partial charge in [0.15, 0.2) is 0 Å². The molecule has 0 radical (unpaired) electrons. The number of carboxylic acids is 1. The van der Waals surface area contributed by atoms with E-state index < -0.39 is 17.9 Å². The topological polar surface area (TPSA) is 171 Å². The van der Waals surface area contributed by atoms with Gasteiger partial charge in [0.05, 0.1) is 24.5 Å². The van der Waals surface area contributed by atoms with Gasteiger partial charge in [0, 0.05) is 47.8 Å². The number of carbonyl (C=O) groups is 4. The summed E-state index contributed by atoms with van der Waals surface area (Å²) in [5.74, 6) is -2.44. The largest absolute Gasteiger partial charge is 0.477 e. The first-order valence-corrected chi connectivity index (χ1v) is 12.3. The third kappa shape index (κ3) is 4.25. The molecule has 0 aliphatic carbocycles. The Kier molecular flexibility index (Phi) is 6.72. The molecule has 0 unspecified atom stereocenters. The van der Waals surface area contributed by atoms with E-state index in [1.165, 1.54) is 16.7 Å². The van der Waals surface area contributed by atoms with Crippen molar-refractivity contribution < 1.29 is 24.3 Å². The number of thioether (sulfide) groups is 1. The second-order valence-electron chi connectivity index (χ2n) is 9.36. The molecule has 0 aromatic heterocycles. The highest BCUT2D eigenvalue weighted by atomic mass is 32.2. The molecule has 0 aromatic carbocycles. The van der Waals surface area contributed by atoms with Crippen LogP contribution in [0, 0.1) is 11.8 Å². The molecule has 12 heteroatoms. The molecule has 3 saturated heterocycles. The lowest BCUT2D eigenvalue weighted by Gasteiger charge is -2.47. The SMILES string of the molecule is C[C@@H](NC(=O)CN)[C@H]1C(=O)N2C(C(=O)O)=C(S[C@@H]3CN[C@H](C(=O)N4CC[C@@H](N)C4)C3)[C@H](C)[C@H]12. The van der Waals surface area contributed by atoms with E-state index in [-0.39, 0.29) is 59.3 Å². The molecule has 4 aliphatic rings. The van der Waals surface area contributed by atoms with Crippen molar-refractivity contribution in [1.82, 2.24) is 20.4 Å². The van der Waals surface area contributed by atoms with Gasteiger partial charge in [0.25, 0.3) is 0 Å². The molecule has 7 atom stereocenters. The number of nitrogens with one attached hydrogen (secondary N) is 2. The van der Waals surface area contributed by atoms with Gasteiger partial charge in [0.1, 0.15) is 5.70 Å². The number of likely N-dealkylation sites (tertiary alicyclic amines) is 1. The van der Waals surface area contributed by atoms with E-state index in [2.05, 4.69) is 10.6 Å². The Labute approximate surface area is 196 Å². The summed E-state index contributed by atoms with van der Waals surface area (Å²) in [6.07, 6.45) is 1.39. The lowest BCUT2D eigenvalue weighted by molar-refractivity contribution is -0.158. The van der Waals surface area contributed by atoms with E-state index in [1.807, 2.05) is 6.92 Å². The summed E-state index contributed by atoms with van der Waals surface area (Å²) in [6.45, 7) is 5.30. The summed E-state index contributed by atoms with van der Waals surface area (Å²) in [7, 11) is 0. The minimum absolute atomic E-state index is 0.0173. The smallest absolute Gasteiger partial charge is 0.353 e. The van der Waals surface area contributed by atoms with Gasteiger partial charge < -0.3 is 37.0 Å². The van der Waals surface area contributed by atoms with E-state index in [9.17, 15) is 24.3 Å². The van der Waals surface area contributed by atoms with Crippen LogP contribution < -0.4 is 22.1 Å². The molecule has 33 heavy (non-hydrogen) atoms. The molecule has 3 fully saturated rings. The highest BCUT2D eigenvalue weighted by Crippen LogP contribution is 2.51. The number of fused-ring (bicyclic) bond motifs is 1. The van der Waals surface area contributed by atoms with Gasteiger partial charge in [-0.3, -0.25) is 14.4 Å². The van der Waals surface area contributed by atoms with Crippen LogP contribution in [0.25, 0.3) is 0 Å². The van der Waals surface area contributed by atoms with Crippen LogP contribution >= 0.6 is 11.8 Å². The zero-order valence-corrected chi connectivity index (χ0v) is 19.6. The van der Waals surface area contributed by atoms with Gasteiger partial charge in [-0.05, 0) is 19.8 Å². The number of carboxylic acid groups (broad SMARTS) is 1. The van der Waals surface area contributed by atoms with Crippen LogP contribution in [0.2, 0.25) is 0 Å². The van der Waals surface area contributed by atoms with E-state index in [0.29, 0.717) is 31.0 Å². The van der Waals surface area contributed by atoms with Crippen molar-refractivity contribution in [2.75, 3.05) is 26.2 Å². The van der Waals surface area contributed by atoms with Crippen LogP contribution in [0.4, 0.5) is 0 Å². The second-order valence-corrected chi connectivity index (χ2v) is 10.7. The molecule has 0 spiro atoms. The molecule has 182 valence electrons. The fraction of sp³-hybridized carbons (Fsp3) is 0.714. The number of amides is 3. The van der Waals surface area contributed by atoms with Crippen molar-refractivity contribution in [2.24, 2.45) is 23.3 Å². The second kappa shape index (κ2) is 9.24. The molecular weight excluding hydrogens is 448 g/mol. The van der Waals surface area contributed by atoms with Crippen LogP contribution in [0.15, 0.2) is 10.6 Å². The third-order valence-electron chi connectivity index (χ3n) is 7.12. The molecule has 4 heterocycles. The van der Waals surface area contributed by atoms with Gasteiger partial charge in [-0.1, -0.05) is 6.92 Å². The Hall–Kier alpha value is -2.15. The molecule has 11 nitrogen and oxygen atoms in total. The molecular formula is C21H32N6O5S. The highest BCUT2D eigenvalue weighted by Gasteiger charge is 2.60. The van der Waals surface area contributed by atoms with Crippen LogP contribution in [-0.2, 0) is 19.2 Å². The monoisotopic (exact) mass is 480 g/mol. The Bertz CT molecular complexity index is 896. The first-order valence-electron chi connectivity index (χ1n) is 11.4. The number of aliphatic carboxylic acids is 1. The summed E-state index contributed by atoms with van der Waals surface area (Å²) >= 11 is 1.44. The van der Waals surface area contributed by atoms with Crippen LogP contribution in [0.3, 0.4) is 0 Å². The maximum Gasteiger partial charge on any atom is 0.353 e. The van der Waals surface area contributed by atoms with Gasteiger partial charge in [-0.2, -0.15) is 0 Å². The third-order valence-corrected chi connectivity index (χ3v) is 8.63. The summed E-state index contributed by atoms with van der Waals surface area (Å²) in [4.78, 5) is 53.3. The predicted octanol–water partition coefficient (Wildman–Crippen LogP) is -1.75. The first kappa shape index (κ1) is 24.0. The molecule has 7 N–H and O–H groups in total. The van der Waals surface area contributed by atoms with Gasteiger partial charge in [-0.25, -0.2) is 4.79 Å². The molecule has 3 amide bonds. The Morgan fingerprint density at radius 1 is 1.36 bits per heavy atom. The number of hydrogen-bond acceptors (Lipinski definition) is 8. The quantitative estimate of drug-likeness (QED) is 0.265. The van der Waals surface area contributed by atoms with Crippen molar-refractivity contribution in [3.05, 3.63) is 10.6 Å². The summed E-state index contributed by atoms with van der Waals surface area (Å²) in [6, 6.07) is -1.05. The van der Waals surface area contributed by atoms with Crippen LogP contribution in [-0.4, -0.2) is 94.2 Å². The normalized spacial score (nSPS) is 34.4. The average Bonchev–Trinajstić information content (AvgIpc) is 3.46. The zero-order chi connectivity index (χ0) is 24.0. The van der Waals surface area contributed by atoms with Crippen LogP contribution in [0.1, 0.15) is 26.7 Å². The highest BCUT2D eigenvalue weighted by molar-refractivity contribution is 8.03. The number of carbonyl (C=O) groups excluding carboxylic acids is 3. The predicted molar refractivity (Wildman–Crippen MR) is 122 cm³/mol. The molecule has 0 aromatic rings. The van der Waals surface area contributed by atoms with Gasteiger partial charge in [-0.15, -0.1) is 11.8 Å². The number of nitrogens with zero attached hydrogens (tertiary/aromatic N) is 2. The number of β-lactam (4-membered cyclic amide) rings is 1. The van der Waals surface area contributed by atoms with E-state index in [4.69, 9.17) is 11.5 Å². The molecule has 0 bridgehead atoms. The Morgan fingerprint density at radius 2 is 2.09 bits per heavy atom. The average molecular weight is 481 g/mol. The lowest BCUT2D eigenvalue weighted by atomic mass is 9.78. The molecule has 4 rings (SSSR count). The van der Waals surface area contributed by atoms with E-state index in [0.717, 1.165) is 6.42 Å². The number of rotatable bonds is 7. The van der Waals surface area contributed by atoms with Gasteiger partial charge >= 0.3 is 5.97 Å². The van der Waals surface area contributed by atoms with Crippen molar-refractivity contribution >= 4 is 35.5 Å². The standard InChI is InChI=1S/C21H32N6O5S/c1-9-16-15(10(2)25-14(28)6-22)20(30)27(16)17(21(31)32)18(9)33-12-5-13(24-7-12)19(29)26-4-3-11(23)8-26/h9-13,15-16,24H,3-8,22-23H2,1-2H3,(H,25,28)(H,31,32)/t9-,10-,11-,12+,13+,15-,16-/m1/s1. The van der Waals surface area contributed by atoms with Crippen molar-refractivity contribution in [3.63, 3.8) is 0 Å². The Balaban J connectivity index is 1.44. The molecule has 0 saturated carbocycles. The van der Waals surface area contributed by atoms with Crippen molar-refractivity contribution in [2.45, 2.75) is 56.1 Å². The number of nitrogens with two attached hydrogens (primary N) is 2. The van der Waals surface area contributed by atoms with Crippen LogP contribution in [0.5, 0.6) is 0 Å². The molecule has 4 aliphatic heterocycles. The number of hydrogen-bond donors (Lipinski definition) is 5. The zero-order valence-electron chi connectivity index (χ0n) is 18.8. The minimum atomic E-state index is -1.14. The van der Waals surface area contributed by atoms with E-state index in [1.54, 1.807) is 11.8 Å². The fourth-order valence-electron chi connectivity index (χ4n) is 5.47. The maximum atomic E-state index is 12.9. The van der Waals surface area contributed by atoms with Crippen molar-refractivity contribution in [3.8, 4) is 0 Å². The first-order chi connectivity index (χ1) is 15.6. The Morgan fingerprint density at radius 3 is 2.70 bits per heavy atom. The maximum absolute atomic E-state index is 12.9. The van der Waals surface area contributed by atoms with E-state index >= 15 is 0 Å². The lowest BCUT2D eigenvalue weighted by Crippen LogP contribution is -2.66.